The van der Waals surface area contributed by atoms with E-state index in [1.165, 1.54) is 32.0 Å². The molecule has 0 aliphatic rings. The highest BCUT2D eigenvalue weighted by Crippen LogP contribution is 2.40. The maximum Gasteiger partial charge on any atom is 0.0186 e. The van der Waals surface area contributed by atoms with Crippen LogP contribution in [0.4, 0.5) is 0 Å². The Morgan fingerprint density at radius 3 is 0.969 bits per heavy atom. The largest absolute Gasteiger partial charge is 0.0622 e. The van der Waals surface area contributed by atoms with E-state index in [2.05, 4.69) is 137 Å². The fourth-order valence-corrected chi connectivity index (χ4v) is 5.92. The molecular formula is C30H30S2. The smallest absolute Gasteiger partial charge is 0.0186 e. The number of rotatable bonds is 7. The van der Waals surface area contributed by atoms with Gasteiger partial charge >= 0.3 is 0 Å². The molecule has 0 saturated carbocycles. The van der Waals surface area contributed by atoms with Crippen LogP contribution < -0.4 is 0 Å². The lowest BCUT2D eigenvalue weighted by atomic mass is 9.78. The summed E-state index contributed by atoms with van der Waals surface area (Å²) in [5.41, 5.74) is 5.36. The molecule has 0 atom stereocenters. The Bertz CT molecular complexity index is 1030. The SMILES string of the molecule is CC(C)(c1ccccc1)c1ccc(SSc2ccc(C(C)(C)c3ccccc3)cc2)cc1. The molecular weight excluding hydrogens is 424 g/mol. The second kappa shape index (κ2) is 9.60. The molecule has 0 amide bonds. The summed E-state index contributed by atoms with van der Waals surface area (Å²) >= 11 is 0. The van der Waals surface area contributed by atoms with Gasteiger partial charge in [0.15, 0.2) is 0 Å². The van der Waals surface area contributed by atoms with Gasteiger partial charge in [-0.2, -0.15) is 0 Å². The quantitative estimate of drug-likeness (QED) is 0.255. The van der Waals surface area contributed by atoms with Gasteiger partial charge in [-0.1, -0.05) is 134 Å². The van der Waals surface area contributed by atoms with E-state index in [0.717, 1.165) is 0 Å². The van der Waals surface area contributed by atoms with E-state index < -0.39 is 0 Å². The molecule has 0 spiro atoms. The molecule has 2 heteroatoms. The van der Waals surface area contributed by atoms with Crippen molar-refractivity contribution in [3.63, 3.8) is 0 Å². The fraction of sp³-hybridized carbons (Fsp3) is 0.200. The number of hydrogen-bond acceptors (Lipinski definition) is 2. The molecule has 0 heterocycles. The van der Waals surface area contributed by atoms with E-state index in [0.29, 0.717) is 0 Å². The van der Waals surface area contributed by atoms with Crippen LogP contribution in [0.3, 0.4) is 0 Å². The van der Waals surface area contributed by atoms with Crippen molar-refractivity contribution in [2.24, 2.45) is 0 Å². The summed E-state index contributed by atoms with van der Waals surface area (Å²) in [7, 11) is 3.63. The molecule has 4 rings (SSSR count). The predicted molar refractivity (Wildman–Crippen MR) is 142 cm³/mol. The van der Waals surface area contributed by atoms with E-state index >= 15 is 0 Å². The zero-order valence-electron chi connectivity index (χ0n) is 19.2. The van der Waals surface area contributed by atoms with Gasteiger partial charge in [-0.3, -0.25) is 0 Å². The van der Waals surface area contributed by atoms with Gasteiger partial charge in [0.05, 0.1) is 0 Å². The van der Waals surface area contributed by atoms with E-state index in [-0.39, 0.29) is 10.8 Å². The summed E-state index contributed by atoms with van der Waals surface area (Å²) in [4.78, 5) is 2.55. The Morgan fingerprint density at radius 1 is 0.375 bits per heavy atom. The second-order valence-electron chi connectivity index (χ2n) is 9.20. The Morgan fingerprint density at radius 2 is 0.656 bits per heavy atom. The van der Waals surface area contributed by atoms with Crippen molar-refractivity contribution in [2.75, 3.05) is 0 Å². The van der Waals surface area contributed by atoms with E-state index in [9.17, 15) is 0 Å². The van der Waals surface area contributed by atoms with Crippen LogP contribution in [0.25, 0.3) is 0 Å². The van der Waals surface area contributed by atoms with E-state index in [1.807, 2.05) is 21.6 Å². The second-order valence-corrected chi connectivity index (χ2v) is 11.5. The van der Waals surface area contributed by atoms with Crippen LogP contribution in [0.1, 0.15) is 49.9 Å². The first-order valence-electron chi connectivity index (χ1n) is 11.0. The molecule has 32 heavy (non-hydrogen) atoms. The zero-order valence-corrected chi connectivity index (χ0v) is 20.8. The minimum absolute atomic E-state index is 0.00100. The lowest BCUT2D eigenvalue weighted by Gasteiger charge is -2.26. The molecule has 0 radical (unpaired) electrons. The van der Waals surface area contributed by atoms with Gasteiger partial charge in [-0.25, -0.2) is 0 Å². The lowest BCUT2D eigenvalue weighted by Crippen LogP contribution is -2.18. The van der Waals surface area contributed by atoms with Crippen LogP contribution in [-0.4, -0.2) is 0 Å². The van der Waals surface area contributed by atoms with Crippen molar-refractivity contribution in [3.05, 3.63) is 131 Å². The first-order chi connectivity index (χ1) is 15.4. The highest BCUT2D eigenvalue weighted by Gasteiger charge is 2.23. The highest BCUT2D eigenvalue weighted by molar-refractivity contribution is 8.76. The summed E-state index contributed by atoms with van der Waals surface area (Å²) in [5.74, 6) is 0. The molecule has 0 aliphatic carbocycles. The molecule has 0 bridgehead atoms. The van der Waals surface area contributed by atoms with Gasteiger partial charge in [0, 0.05) is 20.6 Å². The molecule has 4 aromatic rings. The molecule has 0 nitrogen and oxygen atoms in total. The van der Waals surface area contributed by atoms with Crippen LogP contribution >= 0.6 is 21.6 Å². The summed E-state index contributed by atoms with van der Waals surface area (Å²) in [6.45, 7) is 9.16. The third-order valence-corrected chi connectivity index (χ3v) is 8.79. The Labute approximate surface area is 200 Å². The summed E-state index contributed by atoms with van der Waals surface area (Å²) < 4.78 is 0. The monoisotopic (exact) mass is 454 g/mol. The van der Waals surface area contributed by atoms with E-state index in [1.54, 1.807) is 0 Å². The molecule has 4 aromatic carbocycles. The van der Waals surface area contributed by atoms with Gasteiger partial charge in [0.1, 0.15) is 0 Å². The Balaban J connectivity index is 1.41. The average Bonchev–Trinajstić information content (AvgIpc) is 2.84. The third-order valence-electron chi connectivity index (χ3n) is 6.38. The standard InChI is InChI=1S/C30H30S2/c1-29(2,23-11-7-5-8-12-23)25-15-19-27(20-16-25)31-32-28-21-17-26(18-22-28)30(3,4)24-13-9-6-10-14-24/h5-22H,1-4H3. The fourth-order valence-electron chi connectivity index (χ4n) is 3.99. The molecule has 162 valence electrons. The van der Waals surface area contributed by atoms with Crippen LogP contribution in [-0.2, 0) is 10.8 Å². The third kappa shape index (κ3) is 4.98. The normalized spacial score (nSPS) is 12.0. The molecule has 0 fully saturated rings. The van der Waals surface area contributed by atoms with Gasteiger partial charge < -0.3 is 0 Å². The Hall–Kier alpha value is -2.42. The summed E-state index contributed by atoms with van der Waals surface area (Å²) in [6, 6.07) is 39.5. The van der Waals surface area contributed by atoms with Crippen LogP contribution in [0.15, 0.2) is 119 Å². The molecule has 0 aromatic heterocycles. The van der Waals surface area contributed by atoms with Crippen molar-refractivity contribution in [1.29, 1.82) is 0 Å². The van der Waals surface area contributed by atoms with Gasteiger partial charge in [0.2, 0.25) is 0 Å². The van der Waals surface area contributed by atoms with Gasteiger partial charge in [-0.15, -0.1) is 0 Å². The summed E-state index contributed by atoms with van der Waals surface area (Å²) in [6.07, 6.45) is 0. The first-order valence-corrected chi connectivity index (χ1v) is 13.2. The van der Waals surface area contributed by atoms with Gasteiger partial charge in [0.25, 0.3) is 0 Å². The number of hydrogen-bond donors (Lipinski definition) is 0. The zero-order chi connectivity index (χ0) is 22.6. The predicted octanol–water partition coefficient (Wildman–Crippen LogP) is 9.14. The maximum atomic E-state index is 2.29. The highest BCUT2D eigenvalue weighted by atomic mass is 33.1. The minimum Gasteiger partial charge on any atom is -0.0622 e. The molecule has 0 N–H and O–H groups in total. The maximum absolute atomic E-state index is 2.29. The average molecular weight is 455 g/mol. The van der Waals surface area contributed by atoms with Crippen molar-refractivity contribution in [1.82, 2.24) is 0 Å². The Kier molecular flexibility index (Phi) is 6.83. The van der Waals surface area contributed by atoms with Crippen LogP contribution in [0, 0.1) is 0 Å². The minimum atomic E-state index is -0.00100. The summed E-state index contributed by atoms with van der Waals surface area (Å²) in [5, 5.41) is 0. The van der Waals surface area contributed by atoms with Crippen LogP contribution in [0.5, 0.6) is 0 Å². The first kappa shape index (κ1) is 22.8. The van der Waals surface area contributed by atoms with Gasteiger partial charge in [-0.05, 0) is 46.5 Å². The molecule has 0 unspecified atom stereocenters. The topological polar surface area (TPSA) is 0 Å². The lowest BCUT2D eigenvalue weighted by molar-refractivity contribution is 0.640. The van der Waals surface area contributed by atoms with E-state index in [4.69, 9.17) is 0 Å². The van der Waals surface area contributed by atoms with Crippen molar-refractivity contribution < 1.29 is 0 Å². The molecule has 0 saturated heterocycles. The van der Waals surface area contributed by atoms with Crippen molar-refractivity contribution >= 4 is 21.6 Å². The molecule has 0 aliphatic heterocycles. The number of benzene rings is 4. The van der Waals surface area contributed by atoms with Crippen molar-refractivity contribution in [3.8, 4) is 0 Å². The van der Waals surface area contributed by atoms with Crippen LogP contribution in [0.2, 0.25) is 0 Å². The van der Waals surface area contributed by atoms with Crippen molar-refractivity contribution in [2.45, 2.75) is 48.3 Å².